The zero-order valence-electron chi connectivity index (χ0n) is 11.7. The average Bonchev–Trinajstić information content (AvgIpc) is 2.85. The summed E-state index contributed by atoms with van der Waals surface area (Å²) in [5.41, 5.74) is 2.42. The fourth-order valence-corrected chi connectivity index (χ4v) is 3.47. The van der Waals surface area contributed by atoms with Crippen molar-refractivity contribution in [1.82, 2.24) is 10.0 Å². The highest BCUT2D eigenvalue weighted by molar-refractivity contribution is 7.89. The van der Waals surface area contributed by atoms with E-state index in [1.807, 2.05) is 6.07 Å². The van der Waals surface area contributed by atoms with E-state index in [1.54, 1.807) is 19.1 Å². The number of hydrogen-bond donors (Lipinski definition) is 3. The zero-order chi connectivity index (χ0) is 14.6. The molecule has 0 amide bonds. The van der Waals surface area contributed by atoms with Crippen LogP contribution in [-0.4, -0.2) is 39.3 Å². The molecule has 1 aromatic rings. The number of nitrogens with one attached hydrogen (secondary N) is 2. The minimum Gasteiger partial charge on any atom is -0.392 e. The van der Waals surface area contributed by atoms with Gasteiger partial charge in [0.25, 0.3) is 0 Å². The van der Waals surface area contributed by atoms with Crippen LogP contribution in [0.15, 0.2) is 23.1 Å². The number of fused-ring (bicyclic) bond motifs is 1. The first kappa shape index (κ1) is 15.4. The molecule has 1 unspecified atom stereocenters. The Morgan fingerprint density at radius 3 is 2.75 bits per heavy atom. The van der Waals surface area contributed by atoms with E-state index in [0.29, 0.717) is 24.5 Å². The number of sulfonamides is 1. The summed E-state index contributed by atoms with van der Waals surface area (Å²) in [6.45, 7) is 2.95. The Morgan fingerprint density at radius 1 is 1.25 bits per heavy atom. The van der Waals surface area contributed by atoms with Gasteiger partial charge in [-0.05, 0) is 49.4 Å². The molecular formula is C14H22N2O3S. The molecule has 6 heteroatoms. The largest absolute Gasteiger partial charge is 0.392 e. The normalized spacial score (nSPS) is 16.1. The minimum atomic E-state index is -3.44. The van der Waals surface area contributed by atoms with Gasteiger partial charge in [0, 0.05) is 19.6 Å². The van der Waals surface area contributed by atoms with E-state index in [4.69, 9.17) is 5.11 Å². The number of benzene rings is 1. The van der Waals surface area contributed by atoms with Gasteiger partial charge in [0.2, 0.25) is 10.0 Å². The Morgan fingerprint density at radius 2 is 2.00 bits per heavy atom. The highest BCUT2D eigenvalue weighted by Crippen LogP contribution is 2.24. The summed E-state index contributed by atoms with van der Waals surface area (Å²) in [5, 5.41) is 12.1. The van der Waals surface area contributed by atoms with Crippen molar-refractivity contribution in [3.05, 3.63) is 29.3 Å². The zero-order valence-corrected chi connectivity index (χ0v) is 12.5. The summed E-state index contributed by atoms with van der Waals surface area (Å²) in [7, 11) is -3.44. The van der Waals surface area contributed by atoms with Gasteiger partial charge in [-0.1, -0.05) is 6.07 Å². The van der Waals surface area contributed by atoms with Crippen LogP contribution in [0.1, 0.15) is 24.5 Å². The molecule has 0 fully saturated rings. The van der Waals surface area contributed by atoms with Crippen LogP contribution in [0.25, 0.3) is 0 Å². The van der Waals surface area contributed by atoms with Crippen molar-refractivity contribution in [1.29, 1.82) is 0 Å². The van der Waals surface area contributed by atoms with Crippen LogP contribution in [0.4, 0.5) is 0 Å². The Labute approximate surface area is 120 Å². The van der Waals surface area contributed by atoms with E-state index in [9.17, 15) is 8.42 Å². The summed E-state index contributed by atoms with van der Waals surface area (Å²) in [5.74, 6) is 0. The van der Waals surface area contributed by atoms with Crippen LogP contribution >= 0.6 is 0 Å². The van der Waals surface area contributed by atoms with Gasteiger partial charge in [-0.25, -0.2) is 13.1 Å². The molecule has 2 rings (SSSR count). The lowest BCUT2D eigenvalue weighted by Crippen LogP contribution is -2.34. The van der Waals surface area contributed by atoms with Crippen LogP contribution in [0, 0.1) is 0 Å². The van der Waals surface area contributed by atoms with Gasteiger partial charge in [-0.15, -0.1) is 0 Å². The molecule has 1 aliphatic rings. The van der Waals surface area contributed by atoms with Crippen LogP contribution in [-0.2, 0) is 22.9 Å². The van der Waals surface area contributed by atoms with Crippen molar-refractivity contribution in [2.24, 2.45) is 0 Å². The third kappa shape index (κ3) is 4.02. The fourth-order valence-electron chi connectivity index (χ4n) is 2.38. The molecule has 0 aliphatic heterocycles. The molecule has 20 heavy (non-hydrogen) atoms. The first-order chi connectivity index (χ1) is 9.49. The summed E-state index contributed by atoms with van der Waals surface area (Å²) >= 11 is 0. The molecule has 1 aliphatic carbocycles. The molecule has 3 N–H and O–H groups in total. The summed E-state index contributed by atoms with van der Waals surface area (Å²) < 4.78 is 26.8. The molecule has 0 spiro atoms. The third-order valence-corrected chi connectivity index (χ3v) is 4.87. The molecule has 0 radical (unpaired) electrons. The second-order valence-corrected chi connectivity index (χ2v) is 7.00. The van der Waals surface area contributed by atoms with E-state index in [2.05, 4.69) is 10.0 Å². The predicted octanol–water partition coefficient (Wildman–Crippen LogP) is 0.424. The van der Waals surface area contributed by atoms with Crippen LogP contribution < -0.4 is 10.0 Å². The van der Waals surface area contributed by atoms with Crippen molar-refractivity contribution < 1.29 is 13.5 Å². The van der Waals surface area contributed by atoms with Crippen LogP contribution in [0.2, 0.25) is 0 Å². The second-order valence-electron chi connectivity index (χ2n) is 5.23. The lowest BCUT2D eigenvalue weighted by atomic mass is 10.1. The van der Waals surface area contributed by atoms with Crippen molar-refractivity contribution in [3.8, 4) is 0 Å². The monoisotopic (exact) mass is 298 g/mol. The minimum absolute atomic E-state index is 0.312. The van der Waals surface area contributed by atoms with E-state index >= 15 is 0 Å². The summed E-state index contributed by atoms with van der Waals surface area (Å²) in [6.07, 6.45) is 2.69. The number of hydrogen-bond acceptors (Lipinski definition) is 4. The number of aliphatic hydroxyl groups excluding tert-OH is 1. The molecule has 0 saturated carbocycles. The van der Waals surface area contributed by atoms with Crippen molar-refractivity contribution in [2.75, 3.05) is 19.6 Å². The van der Waals surface area contributed by atoms with E-state index in [-0.39, 0.29) is 0 Å². The molecule has 0 saturated heterocycles. The number of aryl methyl sites for hydroxylation is 2. The molecular weight excluding hydrogens is 276 g/mol. The van der Waals surface area contributed by atoms with Gasteiger partial charge in [0.05, 0.1) is 11.0 Å². The Hall–Kier alpha value is -0.950. The second kappa shape index (κ2) is 6.67. The summed E-state index contributed by atoms with van der Waals surface area (Å²) in [4.78, 5) is 0.341. The van der Waals surface area contributed by atoms with Gasteiger partial charge in [-0.3, -0.25) is 0 Å². The topological polar surface area (TPSA) is 78.4 Å². The molecule has 0 aromatic heterocycles. The SMILES string of the molecule is CC(O)CNCCNS(=O)(=O)c1ccc2c(c1)CCC2. The van der Waals surface area contributed by atoms with E-state index in [0.717, 1.165) is 24.8 Å². The maximum absolute atomic E-state index is 12.1. The van der Waals surface area contributed by atoms with E-state index in [1.165, 1.54) is 5.56 Å². The van der Waals surface area contributed by atoms with Crippen molar-refractivity contribution >= 4 is 10.0 Å². The Balaban J connectivity index is 1.90. The highest BCUT2D eigenvalue weighted by Gasteiger charge is 2.17. The quantitative estimate of drug-likeness (QED) is 0.638. The lowest BCUT2D eigenvalue weighted by molar-refractivity contribution is 0.192. The molecule has 0 heterocycles. The Bertz CT molecular complexity index is 556. The van der Waals surface area contributed by atoms with Gasteiger partial charge >= 0.3 is 0 Å². The van der Waals surface area contributed by atoms with E-state index < -0.39 is 16.1 Å². The van der Waals surface area contributed by atoms with Crippen LogP contribution in [0.5, 0.6) is 0 Å². The van der Waals surface area contributed by atoms with Gasteiger partial charge in [0.1, 0.15) is 0 Å². The first-order valence-corrected chi connectivity index (χ1v) is 8.47. The fraction of sp³-hybridized carbons (Fsp3) is 0.571. The summed E-state index contributed by atoms with van der Waals surface area (Å²) in [6, 6.07) is 5.38. The highest BCUT2D eigenvalue weighted by atomic mass is 32.2. The Kier molecular flexibility index (Phi) is 5.15. The smallest absolute Gasteiger partial charge is 0.240 e. The molecule has 5 nitrogen and oxygen atoms in total. The van der Waals surface area contributed by atoms with Gasteiger partial charge in [-0.2, -0.15) is 0 Å². The molecule has 0 bridgehead atoms. The maximum Gasteiger partial charge on any atom is 0.240 e. The van der Waals surface area contributed by atoms with Crippen molar-refractivity contribution in [3.63, 3.8) is 0 Å². The molecule has 112 valence electrons. The van der Waals surface area contributed by atoms with Gasteiger partial charge in [0.15, 0.2) is 0 Å². The predicted molar refractivity (Wildman–Crippen MR) is 78.2 cm³/mol. The average molecular weight is 298 g/mol. The third-order valence-electron chi connectivity index (χ3n) is 3.41. The van der Waals surface area contributed by atoms with Gasteiger partial charge < -0.3 is 10.4 Å². The standard InChI is InChI=1S/C14H22N2O3S/c1-11(17)10-15-7-8-16-20(18,19)14-6-5-12-3-2-4-13(12)9-14/h5-6,9,11,15-17H,2-4,7-8,10H2,1H3. The molecule has 1 atom stereocenters. The number of aliphatic hydroxyl groups is 1. The molecule has 1 aromatic carbocycles. The first-order valence-electron chi connectivity index (χ1n) is 6.99. The number of rotatable bonds is 7. The van der Waals surface area contributed by atoms with Crippen molar-refractivity contribution in [2.45, 2.75) is 37.2 Å². The maximum atomic E-state index is 12.1. The lowest BCUT2D eigenvalue weighted by Gasteiger charge is -2.10. The van der Waals surface area contributed by atoms with Crippen LogP contribution in [0.3, 0.4) is 0 Å².